The molecule has 0 aliphatic heterocycles. The molecule has 37 heavy (non-hydrogen) atoms. The van der Waals surface area contributed by atoms with Crippen LogP contribution in [0.4, 0.5) is 0 Å². The molecular formula is C29H35N5O3. The fraction of sp³-hybridized carbons (Fsp3) is 0.414. The number of methoxy groups -OCH3 is 1. The van der Waals surface area contributed by atoms with E-state index in [1.165, 1.54) is 18.4 Å². The molecule has 0 unspecified atom stereocenters. The van der Waals surface area contributed by atoms with Crippen molar-refractivity contribution in [3.8, 4) is 17.2 Å². The Hall–Kier alpha value is -3.81. The molecule has 0 saturated heterocycles. The van der Waals surface area contributed by atoms with Gasteiger partial charge in [0.15, 0.2) is 22.6 Å². The predicted molar refractivity (Wildman–Crippen MR) is 142 cm³/mol. The lowest BCUT2D eigenvalue weighted by Crippen LogP contribution is -2.27. The standard InChI is InChI=1S/C29H35N5O3/c1-19-9-12-21(13-10-19)36-17-29(2,3)28-32-25-26(30)31-18-34(27(25)33-28)16-20-11-14-23(35-4)24(15-20)37-22-7-5-6-8-22/h9-15,18,22,30H,5-8,16-17H2,1-4H3,(H,32,33). The highest BCUT2D eigenvalue weighted by Gasteiger charge is 2.27. The zero-order chi connectivity index (χ0) is 26.0. The molecule has 8 nitrogen and oxygen atoms in total. The van der Waals surface area contributed by atoms with Gasteiger partial charge in [-0.3, -0.25) is 5.41 Å². The first-order valence-corrected chi connectivity index (χ1v) is 12.9. The molecule has 4 aromatic rings. The van der Waals surface area contributed by atoms with Crippen molar-refractivity contribution in [3.05, 3.63) is 71.2 Å². The first-order valence-electron chi connectivity index (χ1n) is 12.9. The van der Waals surface area contributed by atoms with Crippen molar-refractivity contribution in [3.63, 3.8) is 0 Å². The second kappa shape index (κ2) is 10.3. The number of hydrogen-bond donors (Lipinski definition) is 2. The van der Waals surface area contributed by atoms with Crippen LogP contribution in [0, 0.1) is 12.3 Å². The highest BCUT2D eigenvalue weighted by atomic mass is 16.5. The van der Waals surface area contributed by atoms with Crippen molar-refractivity contribution in [1.29, 1.82) is 5.41 Å². The summed E-state index contributed by atoms with van der Waals surface area (Å²) in [6.45, 7) is 7.20. The van der Waals surface area contributed by atoms with Crippen LogP contribution in [0.5, 0.6) is 17.2 Å². The minimum Gasteiger partial charge on any atom is -0.493 e. The van der Waals surface area contributed by atoms with E-state index in [1.807, 2.05) is 47.0 Å². The van der Waals surface area contributed by atoms with Gasteiger partial charge in [-0.25, -0.2) is 9.97 Å². The number of imidazole rings is 1. The van der Waals surface area contributed by atoms with E-state index in [9.17, 15) is 0 Å². The van der Waals surface area contributed by atoms with Crippen LogP contribution in [0.3, 0.4) is 0 Å². The molecule has 1 aliphatic rings. The Balaban J connectivity index is 1.40. The van der Waals surface area contributed by atoms with Crippen LogP contribution in [-0.4, -0.2) is 39.3 Å². The van der Waals surface area contributed by atoms with Gasteiger partial charge in [0.25, 0.3) is 0 Å². The number of aromatic amines is 1. The molecule has 2 aromatic carbocycles. The van der Waals surface area contributed by atoms with Gasteiger partial charge in [0.1, 0.15) is 23.7 Å². The SMILES string of the molecule is COc1ccc(Cn2cnc(=N)c3[nH]c(C(C)(C)COc4ccc(C)cc4)nc32)cc1OC1CCCC1. The molecule has 5 rings (SSSR count). The molecule has 2 N–H and O–H groups in total. The smallest absolute Gasteiger partial charge is 0.173 e. The van der Waals surface area contributed by atoms with E-state index in [0.717, 1.165) is 41.5 Å². The number of nitrogens with one attached hydrogen (secondary N) is 2. The minimum atomic E-state index is -0.406. The number of aryl methyl sites for hydroxylation is 1. The summed E-state index contributed by atoms with van der Waals surface area (Å²) in [6.07, 6.45) is 6.49. The lowest BCUT2D eigenvalue weighted by Gasteiger charge is -2.22. The van der Waals surface area contributed by atoms with Crippen molar-refractivity contribution in [1.82, 2.24) is 19.5 Å². The van der Waals surface area contributed by atoms with E-state index in [4.69, 9.17) is 24.6 Å². The van der Waals surface area contributed by atoms with E-state index < -0.39 is 5.41 Å². The number of hydrogen-bond acceptors (Lipinski definition) is 6. The highest BCUT2D eigenvalue weighted by Crippen LogP contribution is 2.33. The monoisotopic (exact) mass is 501 g/mol. The second-order valence-electron chi connectivity index (χ2n) is 10.5. The Morgan fingerprint density at radius 1 is 1.08 bits per heavy atom. The molecule has 1 fully saturated rings. The van der Waals surface area contributed by atoms with Crippen molar-refractivity contribution in [2.45, 2.75) is 64.5 Å². The summed E-state index contributed by atoms with van der Waals surface area (Å²) >= 11 is 0. The molecule has 0 spiro atoms. The second-order valence-corrected chi connectivity index (χ2v) is 10.5. The van der Waals surface area contributed by atoms with Crippen molar-refractivity contribution in [2.75, 3.05) is 13.7 Å². The molecule has 1 aliphatic carbocycles. The Morgan fingerprint density at radius 3 is 2.57 bits per heavy atom. The summed E-state index contributed by atoms with van der Waals surface area (Å²) in [5, 5.41) is 8.36. The Morgan fingerprint density at radius 2 is 1.84 bits per heavy atom. The third-order valence-electron chi connectivity index (χ3n) is 6.96. The lowest BCUT2D eigenvalue weighted by atomic mass is 9.94. The third kappa shape index (κ3) is 5.48. The first-order chi connectivity index (χ1) is 17.8. The number of benzene rings is 2. The summed E-state index contributed by atoms with van der Waals surface area (Å²) in [5.41, 5.74) is 3.30. The largest absolute Gasteiger partial charge is 0.493 e. The number of H-pyrrole nitrogens is 1. The van der Waals surface area contributed by atoms with Crippen LogP contribution in [0.25, 0.3) is 11.2 Å². The maximum absolute atomic E-state index is 8.36. The van der Waals surface area contributed by atoms with Crippen LogP contribution in [0.2, 0.25) is 0 Å². The van der Waals surface area contributed by atoms with E-state index in [-0.39, 0.29) is 11.6 Å². The number of rotatable bonds is 9. The van der Waals surface area contributed by atoms with E-state index in [0.29, 0.717) is 24.3 Å². The Labute approximate surface area is 217 Å². The van der Waals surface area contributed by atoms with E-state index in [1.54, 1.807) is 13.4 Å². The average Bonchev–Trinajstić information content (AvgIpc) is 3.57. The zero-order valence-corrected chi connectivity index (χ0v) is 22.0. The predicted octanol–water partition coefficient (Wildman–Crippen LogP) is 5.28. The van der Waals surface area contributed by atoms with E-state index >= 15 is 0 Å². The van der Waals surface area contributed by atoms with Crippen molar-refractivity contribution < 1.29 is 14.2 Å². The fourth-order valence-electron chi connectivity index (χ4n) is 4.68. The quantitative estimate of drug-likeness (QED) is 0.325. The van der Waals surface area contributed by atoms with Crippen molar-refractivity contribution in [2.24, 2.45) is 0 Å². The molecule has 2 aromatic heterocycles. The van der Waals surface area contributed by atoms with Gasteiger partial charge in [0, 0.05) is 0 Å². The Kier molecular flexibility index (Phi) is 6.91. The van der Waals surface area contributed by atoms with Gasteiger partial charge in [-0.1, -0.05) is 23.8 Å². The maximum Gasteiger partial charge on any atom is 0.173 e. The summed E-state index contributed by atoms with van der Waals surface area (Å²) in [6, 6.07) is 14.0. The first kappa shape index (κ1) is 24.9. The van der Waals surface area contributed by atoms with Crippen molar-refractivity contribution >= 4 is 11.2 Å². The molecule has 194 valence electrons. The minimum absolute atomic E-state index is 0.167. The van der Waals surface area contributed by atoms with Gasteiger partial charge in [0.05, 0.1) is 31.5 Å². The van der Waals surface area contributed by atoms with E-state index in [2.05, 4.69) is 30.7 Å². The summed E-state index contributed by atoms with van der Waals surface area (Å²) in [5.74, 6) is 3.08. The summed E-state index contributed by atoms with van der Waals surface area (Å²) < 4.78 is 19.9. The van der Waals surface area contributed by atoms with Gasteiger partial charge in [-0.2, -0.15) is 0 Å². The zero-order valence-electron chi connectivity index (χ0n) is 22.0. The van der Waals surface area contributed by atoms with Crippen LogP contribution in [0.1, 0.15) is 56.5 Å². The molecule has 1 saturated carbocycles. The van der Waals surface area contributed by atoms with Crippen LogP contribution in [-0.2, 0) is 12.0 Å². The molecule has 0 radical (unpaired) electrons. The number of fused-ring (bicyclic) bond motifs is 1. The molecule has 0 bridgehead atoms. The summed E-state index contributed by atoms with van der Waals surface area (Å²) in [7, 11) is 1.67. The normalized spacial score (nSPS) is 14.3. The molecule has 0 amide bonds. The van der Waals surface area contributed by atoms with Crippen LogP contribution >= 0.6 is 0 Å². The van der Waals surface area contributed by atoms with Gasteiger partial charge < -0.3 is 23.8 Å². The van der Waals surface area contributed by atoms with Gasteiger partial charge in [-0.05, 0) is 76.3 Å². The average molecular weight is 502 g/mol. The van der Waals surface area contributed by atoms with Gasteiger partial charge >= 0.3 is 0 Å². The van der Waals surface area contributed by atoms with Gasteiger partial charge in [0.2, 0.25) is 0 Å². The Bertz CT molecular complexity index is 1430. The number of ether oxygens (including phenoxy) is 3. The number of aromatic nitrogens is 4. The van der Waals surface area contributed by atoms with Gasteiger partial charge in [-0.15, -0.1) is 0 Å². The van der Waals surface area contributed by atoms with Crippen LogP contribution in [0.15, 0.2) is 48.8 Å². The third-order valence-corrected chi connectivity index (χ3v) is 6.96. The lowest BCUT2D eigenvalue weighted by molar-refractivity contribution is 0.200. The molecule has 0 atom stereocenters. The summed E-state index contributed by atoms with van der Waals surface area (Å²) in [4.78, 5) is 12.6. The van der Waals surface area contributed by atoms with Crippen LogP contribution < -0.4 is 19.7 Å². The molecule has 8 heteroatoms. The molecule has 2 heterocycles. The maximum atomic E-state index is 8.36. The molecular weight excluding hydrogens is 466 g/mol. The number of nitrogens with zero attached hydrogens (tertiary/aromatic N) is 3. The highest BCUT2D eigenvalue weighted by molar-refractivity contribution is 5.69. The topological polar surface area (TPSA) is 98.0 Å². The fourth-order valence-corrected chi connectivity index (χ4v) is 4.68.